The van der Waals surface area contributed by atoms with E-state index < -0.39 is 0 Å². The molecule has 23 heavy (non-hydrogen) atoms. The number of aromatic nitrogens is 2. The van der Waals surface area contributed by atoms with Crippen LogP contribution in [-0.2, 0) is 5.41 Å². The Morgan fingerprint density at radius 2 is 1.96 bits per heavy atom. The summed E-state index contributed by atoms with van der Waals surface area (Å²) in [5.41, 5.74) is 4.45. The summed E-state index contributed by atoms with van der Waals surface area (Å²) >= 11 is 0. The molecule has 2 aliphatic heterocycles. The van der Waals surface area contributed by atoms with Crippen LogP contribution in [0.2, 0.25) is 0 Å². The van der Waals surface area contributed by atoms with Gasteiger partial charge in [-0.3, -0.25) is 0 Å². The number of fused-ring (bicyclic) bond motifs is 8. The van der Waals surface area contributed by atoms with E-state index in [4.69, 9.17) is 0 Å². The van der Waals surface area contributed by atoms with Crippen LogP contribution in [0.15, 0.2) is 36.8 Å². The second-order valence-corrected chi connectivity index (χ2v) is 7.92. The fourth-order valence-corrected chi connectivity index (χ4v) is 5.07. The van der Waals surface area contributed by atoms with Gasteiger partial charge < -0.3 is 9.80 Å². The van der Waals surface area contributed by atoms with Gasteiger partial charge in [0.05, 0.1) is 6.20 Å². The number of rotatable bonds is 1. The van der Waals surface area contributed by atoms with E-state index >= 15 is 0 Å². The molecule has 0 N–H and O–H groups in total. The first-order chi connectivity index (χ1) is 11.0. The lowest BCUT2D eigenvalue weighted by atomic mass is 9.81. The summed E-state index contributed by atoms with van der Waals surface area (Å²) in [6, 6.07) is 9.28. The Hall–Kier alpha value is -2.10. The van der Waals surface area contributed by atoms with Crippen LogP contribution in [0.1, 0.15) is 39.7 Å². The van der Waals surface area contributed by atoms with Gasteiger partial charge in [-0.1, -0.05) is 32.0 Å². The maximum atomic E-state index is 4.66. The molecule has 4 nitrogen and oxygen atoms in total. The van der Waals surface area contributed by atoms with Crippen molar-refractivity contribution in [2.24, 2.45) is 5.41 Å². The van der Waals surface area contributed by atoms with Gasteiger partial charge in [0.25, 0.3) is 0 Å². The van der Waals surface area contributed by atoms with Gasteiger partial charge >= 0.3 is 0 Å². The van der Waals surface area contributed by atoms with Crippen molar-refractivity contribution in [3.8, 4) is 0 Å². The summed E-state index contributed by atoms with van der Waals surface area (Å²) in [4.78, 5) is 13.9. The highest BCUT2D eigenvalue weighted by Gasteiger charge is 2.73. The van der Waals surface area contributed by atoms with Crippen molar-refractivity contribution < 1.29 is 0 Å². The molecule has 3 atom stereocenters. The molecule has 1 aromatic carbocycles. The van der Waals surface area contributed by atoms with Crippen molar-refractivity contribution in [3.05, 3.63) is 42.4 Å². The van der Waals surface area contributed by atoms with Crippen molar-refractivity contribution in [1.82, 2.24) is 9.97 Å². The summed E-state index contributed by atoms with van der Waals surface area (Å²) in [5, 5.41) is 0. The van der Waals surface area contributed by atoms with Gasteiger partial charge in [-0.2, -0.15) is 0 Å². The SMILES string of the molecule is CC(C)N1c2cncnc2N2c3ccccc3C3(C)CC3(C)C21. The largest absolute Gasteiger partial charge is 0.344 e. The Labute approximate surface area is 137 Å². The van der Waals surface area contributed by atoms with E-state index in [0.717, 1.165) is 5.82 Å². The zero-order chi connectivity index (χ0) is 16.0. The first-order valence-corrected chi connectivity index (χ1v) is 8.46. The fraction of sp³-hybridized carbons (Fsp3) is 0.474. The molecule has 0 saturated heterocycles. The highest BCUT2D eigenvalue weighted by Crippen LogP contribution is 2.74. The smallest absolute Gasteiger partial charge is 0.161 e. The standard InChI is InChI=1S/C19H22N4/c1-12(2)22-15-9-20-11-21-16(15)23-14-8-6-5-7-13(14)18(3)10-19(18,4)17(22)23/h5-9,11-12,17H,10H2,1-4H3. The first-order valence-electron chi connectivity index (χ1n) is 8.46. The third-order valence-electron chi connectivity index (χ3n) is 6.43. The number of anilines is 3. The Morgan fingerprint density at radius 3 is 2.74 bits per heavy atom. The average molecular weight is 306 g/mol. The molecule has 2 aromatic rings. The van der Waals surface area contributed by atoms with Gasteiger partial charge in [0.1, 0.15) is 18.2 Å². The summed E-state index contributed by atoms with van der Waals surface area (Å²) in [5.74, 6) is 1.06. The molecule has 5 rings (SSSR count). The Kier molecular flexibility index (Phi) is 2.24. The molecule has 0 radical (unpaired) electrons. The van der Waals surface area contributed by atoms with Crippen LogP contribution in [0.4, 0.5) is 17.2 Å². The molecular weight excluding hydrogens is 284 g/mol. The van der Waals surface area contributed by atoms with Gasteiger partial charge in [-0.25, -0.2) is 9.97 Å². The van der Waals surface area contributed by atoms with Crippen LogP contribution in [0, 0.1) is 5.41 Å². The quantitative estimate of drug-likeness (QED) is 0.801. The van der Waals surface area contributed by atoms with E-state index in [2.05, 4.69) is 71.7 Å². The monoisotopic (exact) mass is 306 g/mol. The highest BCUT2D eigenvalue weighted by atomic mass is 15.5. The van der Waals surface area contributed by atoms with Crippen molar-refractivity contribution >= 4 is 17.2 Å². The van der Waals surface area contributed by atoms with E-state index in [0.29, 0.717) is 12.2 Å². The minimum atomic E-state index is 0.242. The number of hydrogen-bond acceptors (Lipinski definition) is 4. The molecular formula is C19H22N4. The summed E-state index contributed by atoms with van der Waals surface area (Å²) < 4.78 is 0. The first kappa shape index (κ1) is 13.3. The Balaban J connectivity index is 1.82. The third kappa shape index (κ3) is 1.34. The van der Waals surface area contributed by atoms with Crippen LogP contribution in [0.3, 0.4) is 0 Å². The predicted octanol–water partition coefficient (Wildman–Crippen LogP) is 3.85. The Bertz CT molecular complexity index is 817. The second kappa shape index (κ2) is 3.86. The van der Waals surface area contributed by atoms with E-state index in [9.17, 15) is 0 Å². The van der Waals surface area contributed by atoms with Crippen LogP contribution >= 0.6 is 0 Å². The molecule has 3 aliphatic rings. The maximum absolute atomic E-state index is 4.66. The normalized spacial score (nSPS) is 33.2. The van der Waals surface area contributed by atoms with Gasteiger partial charge in [-0.15, -0.1) is 0 Å². The molecule has 118 valence electrons. The number of para-hydroxylation sites is 1. The topological polar surface area (TPSA) is 32.3 Å². The molecule has 1 aliphatic carbocycles. The zero-order valence-electron chi connectivity index (χ0n) is 14.1. The average Bonchev–Trinajstić information content (AvgIpc) is 2.97. The molecule has 4 heteroatoms. The van der Waals surface area contributed by atoms with Crippen molar-refractivity contribution in [3.63, 3.8) is 0 Å². The van der Waals surface area contributed by atoms with Gasteiger partial charge in [-0.05, 0) is 31.9 Å². The lowest BCUT2D eigenvalue weighted by Crippen LogP contribution is -2.54. The summed E-state index contributed by atoms with van der Waals surface area (Å²) in [6.07, 6.45) is 5.20. The van der Waals surface area contributed by atoms with Crippen molar-refractivity contribution in [2.75, 3.05) is 9.80 Å². The number of benzene rings is 1. The van der Waals surface area contributed by atoms with Crippen LogP contribution in [-0.4, -0.2) is 22.2 Å². The highest BCUT2D eigenvalue weighted by molar-refractivity contribution is 5.85. The van der Waals surface area contributed by atoms with E-state index in [1.165, 1.54) is 23.4 Å². The summed E-state index contributed by atoms with van der Waals surface area (Å²) in [7, 11) is 0. The van der Waals surface area contributed by atoms with Crippen LogP contribution in [0.5, 0.6) is 0 Å². The maximum Gasteiger partial charge on any atom is 0.161 e. The van der Waals surface area contributed by atoms with Gasteiger partial charge in [0.2, 0.25) is 0 Å². The molecule has 0 bridgehead atoms. The Morgan fingerprint density at radius 1 is 1.17 bits per heavy atom. The fourth-order valence-electron chi connectivity index (χ4n) is 5.07. The van der Waals surface area contributed by atoms with Crippen LogP contribution < -0.4 is 9.80 Å². The lowest BCUT2D eigenvalue weighted by molar-refractivity contribution is 0.344. The van der Waals surface area contributed by atoms with Crippen LogP contribution in [0.25, 0.3) is 0 Å². The number of nitrogens with zero attached hydrogens (tertiary/aromatic N) is 4. The molecule has 3 heterocycles. The number of hydrogen-bond donors (Lipinski definition) is 0. The van der Waals surface area contributed by atoms with E-state index in [1.807, 2.05) is 6.20 Å². The molecule has 1 aromatic heterocycles. The molecule has 1 fully saturated rings. The minimum Gasteiger partial charge on any atom is -0.344 e. The molecule has 3 unspecified atom stereocenters. The summed E-state index contributed by atoms with van der Waals surface area (Å²) in [6.45, 7) is 9.40. The molecule has 0 spiro atoms. The zero-order valence-corrected chi connectivity index (χ0v) is 14.1. The minimum absolute atomic E-state index is 0.242. The van der Waals surface area contributed by atoms with Gasteiger partial charge in [0, 0.05) is 22.6 Å². The van der Waals surface area contributed by atoms with Crippen molar-refractivity contribution in [1.29, 1.82) is 0 Å². The molecule has 0 amide bonds. The second-order valence-electron chi connectivity index (χ2n) is 7.92. The van der Waals surface area contributed by atoms with E-state index in [-0.39, 0.29) is 10.8 Å². The van der Waals surface area contributed by atoms with Gasteiger partial charge in [0.15, 0.2) is 5.82 Å². The lowest BCUT2D eigenvalue weighted by Gasteiger charge is -2.45. The predicted molar refractivity (Wildman–Crippen MR) is 92.1 cm³/mol. The molecule has 1 saturated carbocycles. The third-order valence-corrected chi connectivity index (χ3v) is 6.43. The van der Waals surface area contributed by atoms with Crippen molar-refractivity contribution in [2.45, 2.75) is 51.7 Å². The van der Waals surface area contributed by atoms with E-state index in [1.54, 1.807) is 6.33 Å².